The summed E-state index contributed by atoms with van der Waals surface area (Å²) in [6.45, 7) is 0. The van der Waals surface area contributed by atoms with E-state index in [1.165, 1.54) is 18.3 Å². The third kappa shape index (κ3) is 3.24. The van der Waals surface area contributed by atoms with Crippen LogP contribution in [-0.2, 0) is 6.18 Å². The van der Waals surface area contributed by atoms with Crippen LogP contribution >= 0.6 is 12.4 Å². The predicted molar refractivity (Wildman–Crippen MR) is 66.7 cm³/mol. The molecule has 2 aromatic rings. The molecule has 0 atom stereocenters. The highest BCUT2D eigenvalue weighted by atomic mass is 35.5. The van der Waals surface area contributed by atoms with E-state index in [9.17, 15) is 18.0 Å². The quantitative estimate of drug-likeness (QED) is 0.925. The van der Waals surface area contributed by atoms with E-state index in [1.807, 2.05) is 0 Å². The summed E-state index contributed by atoms with van der Waals surface area (Å²) >= 11 is 0. The van der Waals surface area contributed by atoms with Gasteiger partial charge in [-0.15, -0.1) is 12.4 Å². The second-order valence-corrected chi connectivity index (χ2v) is 3.64. The van der Waals surface area contributed by atoms with Crippen LogP contribution in [-0.4, -0.2) is 21.0 Å². The Morgan fingerprint density at radius 3 is 2.40 bits per heavy atom. The highest BCUT2D eigenvalue weighted by molar-refractivity contribution is 5.88. The fourth-order valence-electron chi connectivity index (χ4n) is 1.50. The average molecular weight is 305 g/mol. The van der Waals surface area contributed by atoms with Crippen molar-refractivity contribution in [3.63, 3.8) is 0 Å². The minimum atomic E-state index is -4.70. The molecule has 0 unspecified atom stereocenters. The van der Waals surface area contributed by atoms with Crippen LogP contribution < -0.4 is 0 Å². The lowest BCUT2D eigenvalue weighted by atomic mass is 10.1. The largest absolute Gasteiger partial charge is 0.478 e. The first-order chi connectivity index (χ1) is 8.89. The van der Waals surface area contributed by atoms with E-state index in [-0.39, 0.29) is 18.1 Å². The van der Waals surface area contributed by atoms with Crippen LogP contribution in [0.3, 0.4) is 0 Å². The number of rotatable bonds is 2. The van der Waals surface area contributed by atoms with Crippen LogP contribution in [0.25, 0.3) is 11.4 Å². The molecule has 2 heterocycles. The van der Waals surface area contributed by atoms with Crippen molar-refractivity contribution in [1.82, 2.24) is 9.97 Å². The van der Waals surface area contributed by atoms with Gasteiger partial charge in [0.1, 0.15) is 5.69 Å². The zero-order valence-corrected chi connectivity index (χ0v) is 10.6. The molecular formula is C12H8ClF3N2O2. The van der Waals surface area contributed by atoms with Gasteiger partial charge >= 0.3 is 12.1 Å². The Morgan fingerprint density at radius 2 is 1.90 bits per heavy atom. The molecule has 0 fully saturated rings. The second kappa shape index (κ2) is 5.87. The molecule has 0 spiro atoms. The first kappa shape index (κ1) is 15.9. The Morgan fingerprint density at radius 1 is 1.20 bits per heavy atom. The second-order valence-electron chi connectivity index (χ2n) is 3.64. The Labute approximate surface area is 117 Å². The van der Waals surface area contributed by atoms with Crippen LogP contribution in [0, 0.1) is 0 Å². The number of halogens is 4. The summed E-state index contributed by atoms with van der Waals surface area (Å²) in [6.07, 6.45) is -2.49. The SMILES string of the molecule is Cl.O=C(O)c1cnc(-c2ccccn2)c(C(F)(F)F)c1. The molecule has 1 N–H and O–H groups in total. The Kier molecular flexibility index (Phi) is 4.67. The van der Waals surface area contributed by atoms with Crippen LogP contribution in [0.5, 0.6) is 0 Å². The maximum Gasteiger partial charge on any atom is 0.418 e. The van der Waals surface area contributed by atoms with Crippen LogP contribution in [0.4, 0.5) is 13.2 Å². The van der Waals surface area contributed by atoms with Crippen molar-refractivity contribution in [1.29, 1.82) is 0 Å². The van der Waals surface area contributed by atoms with E-state index in [0.717, 1.165) is 6.20 Å². The molecule has 8 heteroatoms. The number of carbonyl (C=O) groups is 1. The van der Waals surface area contributed by atoms with E-state index in [4.69, 9.17) is 5.11 Å². The van der Waals surface area contributed by atoms with Gasteiger partial charge in [0, 0.05) is 12.4 Å². The standard InChI is InChI=1S/C12H7F3N2O2.ClH/c13-12(14,15)8-5-7(11(18)19)6-17-10(8)9-3-1-2-4-16-9;/h1-6H,(H,18,19);1H. The number of carboxylic acid groups (broad SMARTS) is 1. The van der Waals surface area contributed by atoms with E-state index >= 15 is 0 Å². The van der Waals surface area contributed by atoms with E-state index in [2.05, 4.69) is 9.97 Å². The monoisotopic (exact) mass is 304 g/mol. The number of hydrogen-bond donors (Lipinski definition) is 1. The minimum absolute atomic E-state index is 0. The molecule has 0 aliphatic carbocycles. The summed E-state index contributed by atoms with van der Waals surface area (Å²) in [5.74, 6) is -1.47. The first-order valence-corrected chi connectivity index (χ1v) is 5.11. The Balaban J connectivity index is 0.00000200. The summed E-state index contributed by atoms with van der Waals surface area (Å²) in [5.41, 5.74) is -2.00. The van der Waals surface area contributed by atoms with Gasteiger partial charge in [0.15, 0.2) is 0 Å². The maximum atomic E-state index is 12.9. The molecule has 0 saturated carbocycles. The van der Waals surface area contributed by atoms with E-state index in [0.29, 0.717) is 6.07 Å². The van der Waals surface area contributed by atoms with Gasteiger partial charge in [-0.25, -0.2) is 4.79 Å². The van der Waals surface area contributed by atoms with E-state index < -0.39 is 29.0 Å². The molecule has 0 aliphatic rings. The minimum Gasteiger partial charge on any atom is -0.478 e. The molecule has 2 rings (SSSR count). The fourth-order valence-corrected chi connectivity index (χ4v) is 1.50. The topological polar surface area (TPSA) is 63.1 Å². The number of hydrogen-bond acceptors (Lipinski definition) is 3. The first-order valence-electron chi connectivity index (χ1n) is 5.11. The van der Waals surface area contributed by atoms with Crippen molar-refractivity contribution in [2.75, 3.05) is 0 Å². The van der Waals surface area contributed by atoms with E-state index in [1.54, 1.807) is 6.07 Å². The number of pyridine rings is 2. The fraction of sp³-hybridized carbons (Fsp3) is 0.0833. The van der Waals surface area contributed by atoms with Crippen molar-refractivity contribution < 1.29 is 23.1 Å². The summed E-state index contributed by atoms with van der Waals surface area (Å²) in [4.78, 5) is 18.1. The smallest absolute Gasteiger partial charge is 0.418 e. The van der Waals surface area contributed by atoms with Crippen molar-refractivity contribution in [3.05, 3.63) is 47.8 Å². The molecule has 20 heavy (non-hydrogen) atoms. The number of nitrogens with zero attached hydrogens (tertiary/aromatic N) is 2. The van der Waals surface area contributed by atoms with Gasteiger partial charge in [-0.3, -0.25) is 9.97 Å². The van der Waals surface area contributed by atoms with Gasteiger partial charge in [0.2, 0.25) is 0 Å². The molecule has 0 radical (unpaired) electrons. The molecule has 0 bridgehead atoms. The van der Waals surface area contributed by atoms with Gasteiger partial charge in [-0.1, -0.05) is 6.07 Å². The molecular weight excluding hydrogens is 297 g/mol. The van der Waals surface area contributed by atoms with Crippen LogP contribution in [0.15, 0.2) is 36.7 Å². The van der Waals surface area contributed by atoms with Crippen molar-refractivity contribution in [2.24, 2.45) is 0 Å². The Bertz CT molecular complexity index is 618. The van der Waals surface area contributed by atoms with Crippen molar-refractivity contribution in [2.45, 2.75) is 6.18 Å². The molecule has 0 aliphatic heterocycles. The molecule has 0 amide bonds. The normalized spacial score (nSPS) is 10.8. The molecule has 106 valence electrons. The molecule has 0 saturated heterocycles. The average Bonchev–Trinajstić information content (AvgIpc) is 2.38. The highest BCUT2D eigenvalue weighted by Gasteiger charge is 2.35. The summed E-state index contributed by atoms with van der Waals surface area (Å²) in [5, 5.41) is 8.71. The number of aromatic carboxylic acids is 1. The predicted octanol–water partition coefficient (Wildman–Crippen LogP) is 3.28. The zero-order chi connectivity index (χ0) is 14.0. The summed E-state index contributed by atoms with van der Waals surface area (Å²) < 4.78 is 38.8. The summed E-state index contributed by atoms with van der Waals surface area (Å²) in [7, 11) is 0. The van der Waals surface area contributed by atoms with Gasteiger partial charge < -0.3 is 5.11 Å². The maximum absolute atomic E-state index is 12.9. The number of alkyl halides is 3. The molecule has 0 aromatic carbocycles. The van der Waals surface area contributed by atoms with Crippen molar-refractivity contribution >= 4 is 18.4 Å². The van der Waals surface area contributed by atoms with Gasteiger partial charge in [-0.2, -0.15) is 13.2 Å². The third-order valence-corrected chi connectivity index (χ3v) is 2.35. The number of carboxylic acids is 1. The lowest BCUT2D eigenvalue weighted by Crippen LogP contribution is -2.11. The molecule has 4 nitrogen and oxygen atoms in total. The third-order valence-electron chi connectivity index (χ3n) is 2.35. The van der Waals surface area contributed by atoms with Gasteiger partial charge in [0.25, 0.3) is 0 Å². The Hall–Kier alpha value is -2.15. The lowest BCUT2D eigenvalue weighted by molar-refractivity contribution is -0.137. The molecule has 2 aromatic heterocycles. The highest BCUT2D eigenvalue weighted by Crippen LogP contribution is 2.35. The van der Waals surface area contributed by atoms with Gasteiger partial charge in [0.05, 0.1) is 16.8 Å². The lowest BCUT2D eigenvalue weighted by Gasteiger charge is -2.12. The van der Waals surface area contributed by atoms with Crippen LogP contribution in [0.1, 0.15) is 15.9 Å². The summed E-state index contributed by atoms with van der Waals surface area (Å²) in [6, 6.07) is 5.01. The van der Waals surface area contributed by atoms with Crippen molar-refractivity contribution in [3.8, 4) is 11.4 Å². The van der Waals surface area contributed by atoms with Crippen LogP contribution in [0.2, 0.25) is 0 Å². The zero-order valence-electron chi connectivity index (χ0n) is 9.76. The van der Waals surface area contributed by atoms with Gasteiger partial charge in [-0.05, 0) is 18.2 Å². The number of aromatic nitrogens is 2.